The van der Waals surface area contributed by atoms with E-state index in [1.165, 1.54) is 0 Å². The second kappa shape index (κ2) is 8.85. The zero-order valence-corrected chi connectivity index (χ0v) is 15.5. The van der Waals surface area contributed by atoms with Gasteiger partial charge in [-0.25, -0.2) is 4.79 Å². The summed E-state index contributed by atoms with van der Waals surface area (Å²) in [6.45, 7) is 2.40. The van der Waals surface area contributed by atoms with Crippen LogP contribution in [0.15, 0.2) is 60.7 Å². The van der Waals surface area contributed by atoms with Gasteiger partial charge in [0.25, 0.3) is 5.69 Å². The first-order valence-electron chi connectivity index (χ1n) is 9.05. The fraction of sp³-hybridized carbons (Fsp3) is 0.190. The van der Waals surface area contributed by atoms with E-state index in [9.17, 15) is 14.9 Å². The van der Waals surface area contributed by atoms with Crippen molar-refractivity contribution in [3.63, 3.8) is 0 Å². The van der Waals surface area contributed by atoms with Gasteiger partial charge in [0.05, 0.1) is 16.9 Å². The molecule has 0 aliphatic rings. The van der Waals surface area contributed by atoms with Crippen LogP contribution in [0.5, 0.6) is 0 Å². The highest BCUT2D eigenvalue weighted by Gasteiger charge is 2.18. The number of ether oxygens (including phenoxy) is 1. The number of hydrogen-bond donors (Lipinski definition) is 2. The zero-order valence-electron chi connectivity index (χ0n) is 15.5. The average molecular weight is 379 g/mol. The molecule has 3 rings (SSSR count). The lowest BCUT2D eigenvalue weighted by molar-refractivity contribution is -0.382. The lowest BCUT2D eigenvalue weighted by Gasteiger charge is -2.11. The van der Waals surface area contributed by atoms with Crippen molar-refractivity contribution in [3.05, 3.63) is 70.8 Å². The molecule has 0 saturated carbocycles. The Bertz CT molecular complexity index is 987. The molecule has 7 heteroatoms. The topological polar surface area (TPSA) is 93.5 Å². The fourth-order valence-corrected chi connectivity index (χ4v) is 2.81. The van der Waals surface area contributed by atoms with E-state index in [0.717, 1.165) is 18.2 Å². The average Bonchev–Trinajstić information content (AvgIpc) is 2.69. The van der Waals surface area contributed by atoms with Crippen molar-refractivity contribution >= 4 is 39.6 Å². The Morgan fingerprint density at radius 1 is 1.04 bits per heavy atom. The van der Waals surface area contributed by atoms with Crippen LogP contribution in [0.2, 0.25) is 0 Å². The minimum absolute atomic E-state index is 0.0276. The molecule has 0 unspecified atom stereocenters. The van der Waals surface area contributed by atoms with Gasteiger partial charge in [0.15, 0.2) is 0 Å². The second-order valence-electron chi connectivity index (χ2n) is 6.26. The minimum atomic E-state index is -0.501. The number of amides is 1. The lowest BCUT2D eigenvalue weighted by atomic mass is 10.1. The van der Waals surface area contributed by atoms with Gasteiger partial charge in [-0.2, -0.15) is 0 Å². The molecule has 3 aromatic carbocycles. The van der Waals surface area contributed by atoms with Crippen molar-refractivity contribution in [2.45, 2.75) is 19.8 Å². The Balaban J connectivity index is 1.75. The highest BCUT2D eigenvalue weighted by molar-refractivity contribution is 5.97. The van der Waals surface area contributed by atoms with Crippen LogP contribution in [0, 0.1) is 10.1 Å². The van der Waals surface area contributed by atoms with E-state index >= 15 is 0 Å². The molecular formula is C21H21N3O4. The number of unbranched alkanes of at least 4 members (excludes halogenated alkanes) is 1. The number of anilines is 3. The van der Waals surface area contributed by atoms with Crippen molar-refractivity contribution in [1.82, 2.24) is 0 Å². The molecule has 0 radical (unpaired) electrons. The maximum absolute atomic E-state index is 11.7. The molecule has 0 saturated heterocycles. The van der Waals surface area contributed by atoms with Crippen molar-refractivity contribution in [2.75, 3.05) is 17.2 Å². The van der Waals surface area contributed by atoms with Crippen molar-refractivity contribution in [1.29, 1.82) is 0 Å². The third kappa shape index (κ3) is 4.56. The third-order valence-electron chi connectivity index (χ3n) is 4.22. The van der Waals surface area contributed by atoms with Crippen LogP contribution in [-0.2, 0) is 4.74 Å². The molecule has 0 aromatic heterocycles. The van der Waals surface area contributed by atoms with Gasteiger partial charge in [-0.3, -0.25) is 15.4 Å². The minimum Gasteiger partial charge on any atom is -0.449 e. The van der Waals surface area contributed by atoms with Crippen LogP contribution in [0.25, 0.3) is 10.8 Å². The van der Waals surface area contributed by atoms with E-state index in [-0.39, 0.29) is 10.6 Å². The van der Waals surface area contributed by atoms with Crippen LogP contribution in [0.1, 0.15) is 19.8 Å². The van der Waals surface area contributed by atoms with E-state index in [2.05, 4.69) is 10.6 Å². The molecular weight excluding hydrogens is 358 g/mol. The van der Waals surface area contributed by atoms with Crippen LogP contribution in [0.4, 0.5) is 27.5 Å². The third-order valence-corrected chi connectivity index (χ3v) is 4.22. The summed E-state index contributed by atoms with van der Waals surface area (Å²) in [5.41, 5.74) is 1.69. The molecule has 0 fully saturated rings. The van der Waals surface area contributed by atoms with Gasteiger partial charge < -0.3 is 10.1 Å². The Morgan fingerprint density at radius 3 is 2.46 bits per heavy atom. The number of nitrogens with one attached hydrogen (secondary N) is 2. The van der Waals surface area contributed by atoms with Crippen LogP contribution < -0.4 is 10.6 Å². The Hall–Kier alpha value is -3.61. The van der Waals surface area contributed by atoms with E-state index in [4.69, 9.17) is 4.74 Å². The SMILES string of the molecule is CCCCOC(=O)Nc1ccc(Nc2ccc3ccccc3c2[N+](=O)[O-])cc1. The molecule has 28 heavy (non-hydrogen) atoms. The summed E-state index contributed by atoms with van der Waals surface area (Å²) in [5.74, 6) is 0. The first-order chi connectivity index (χ1) is 13.6. The lowest BCUT2D eigenvalue weighted by Crippen LogP contribution is -2.14. The van der Waals surface area contributed by atoms with Gasteiger partial charge in [0.2, 0.25) is 0 Å². The van der Waals surface area contributed by atoms with Crippen molar-refractivity contribution in [2.24, 2.45) is 0 Å². The summed E-state index contributed by atoms with van der Waals surface area (Å²) in [4.78, 5) is 22.9. The van der Waals surface area contributed by atoms with Gasteiger partial charge in [-0.1, -0.05) is 37.6 Å². The Morgan fingerprint density at radius 2 is 1.75 bits per heavy atom. The fourth-order valence-electron chi connectivity index (χ4n) is 2.81. The summed E-state index contributed by atoms with van der Waals surface area (Å²) < 4.78 is 5.05. The van der Waals surface area contributed by atoms with E-state index in [1.807, 2.05) is 25.1 Å². The molecule has 3 aromatic rings. The number of rotatable bonds is 7. The van der Waals surface area contributed by atoms with Gasteiger partial charge in [0.1, 0.15) is 5.69 Å². The second-order valence-corrected chi connectivity index (χ2v) is 6.26. The molecule has 0 aliphatic carbocycles. The van der Waals surface area contributed by atoms with Crippen LogP contribution in [0.3, 0.4) is 0 Å². The number of nitro benzene ring substituents is 1. The summed E-state index contributed by atoms with van der Waals surface area (Å²) in [6, 6.07) is 17.6. The molecule has 2 N–H and O–H groups in total. The first kappa shape index (κ1) is 19.2. The van der Waals surface area contributed by atoms with Crippen LogP contribution in [-0.4, -0.2) is 17.6 Å². The highest BCUT2D eigenvalue weighted by Crippen LogP contribution is 2.35. The summed E-state index contributed by atoms with van der Waals surface area (Å²) in [6.07, 6.45) is 1.27. The molecule has 144 valence electrons. The molecule has 0 bridgehead atoms. The quantitative estimate of drug-likeness (QED) is 0.305. The van der Waals surface area contributed by atoms with Crippen LogP contribution >= 0.6 is 0 Å². The standard InChI is InChI=1S/C21H21N3O4/c1-2-3-14-28-21(25)23-17-11-9-16(10-12-17)22-19-13-8-15-6-4-5-7-18(15)20(19)24(26)27/h4-13,22H,2-3,14H2,1H3,(H,23,25). The van der Waals surface area contributed by atoms with E-state index in [1.54, 1.807) is 42.5 Å². The van der Waals surface area contributed by atoms with E-state index < -0.39 is 6.09 Å². The number of nitro groups is 1. The normalized spacial score (nSPS) is 10.5. The number of carbonyl (C=O) groups excluding carboxylic acids is 1. The molecule has 1 amide bonds. The summed E-state index contributed by atoms with van der Waals surface area (Å²) >= 11 is 0. The largest absolute Gasteiger partial charge is 0.449 e. The van der Waals surface area contributed by atoms with Gasteiger partial charge >= 0.3 is 6.09 Å². The molecule has 0 aliphatic heterocycles. The first-order valence-corrected chi connectivity index (χ1v) is 9.05. The number of benzene rings is 3. The molecule has 0 spiro atoms. The molecule has 7 nitrogen and oxygen atoms in total. The monoisotopic (exact) mass is 379 g/mol. The number of fused-ring (bicyclic) bond motifs is 1. The molecule has 0 heterocycles. The van der Waals surface area contributed by atoms with E-state index in [0.29, 0.717) is 29.1 Å². The summed E-state index contributed by atoms with van der Waals surface area (Å²) in [5, 5.41) is 18.7. The maximum atomic E-state index is 11.7. The predicted octanol–water partition coefficient (Wildman–Crippen LogP) is 5.84. The van der Waals surface area contributed by atoms with Gasteiger partial charge in [0, 0.05) is 11.4 Å². The zero-order chi connectivity index (χ0) is 19.9. The number of carbonyl (C=O) groups is 1. The Kier molecular flexibility index (Phi) is 6.06. The number of nitrogens with zero attached hydrogens (tertiary/aromatic N) is 1. The highest BCUT2D eigenvalue weighted by atomic mass is 16.6. The van der Waals surface area contributed by atoms with Gasteiger partial charge in [-0.05, 0) is 48.2 Å². The summed E-state index contributed by atoms with van der Waals surface area (Å²) in [7, 11) is 0. The van der Waals surface area contributed by atoms with Gasteiger partial charge in [-0.15, -0.1) is 0 Å². The van der Waals surface area contributed by atoms with Crippen molar-refractivity contribution < 1.29 is 14.5 Å². The Labute approximate surface area is 162 Å². The maximum Gasteiger partial charge on any atom is 0.411 e. The molecule has 0 atom stereocenters. The van der Waals surface area contributed by atoms with Crippen molar-refractivity contribution in [3.8, 4) is 0 Å². The number of hydrogen-bond acceptors (Lipinski definition) is 5. The predicted molar refractivity (Wildman–Crippen MR) is 110 cm³/mol. The smallest absolute Gasteiger partial charge is 0.411 e.